The number of aliphatic hydroxyl groups is 1. The number of methoxy groups -OCH3 is 1. The van der Waals surface area contributed by atoms with Crippen molar-refractivity contribution < 1.29 is 19.4 Å². The number of aromatic nitrogens is 1. The fraction of sp³-hybridized carbons (Fsp3) is 0.379. The first-order valence-corrected chi connectivity index (χ1v) is 12.4. The van der Waals surface area contributed by atoms with E-state index in [1.165, 1.54) is 0 Å². The molecular weight excluding hydrogens is 440 g/mol. The van der Waals surface area contributed by atoms with E-state index in [1.54, 1.807) is 13.3 Å². The van der Waals surface area contributed by atoms with E-state index in [1.807, 2.05) is 55.5 Å². The summed E-state index contributed by atoms with van der Waals surface area (Å²) < 4.78 is 10.5. The van der Waals surface area contributed by atoms with E-state index >= 15 is 0 Å². The topological polar surface area (TPSA) is 71.9 Å². The number of rotatable bonds is 7. The molecule has 6 heteroatoms. The number of hydrogen-bond acceptors (Lipinski definition) is 6. The molecule has 2 bridgehead atoms. The molecule has 1 unspecified atom stereocenters. The molecule has 3 aromatic rings. The third kappa shape index (κ3) is 4.81. The first kappa shape index (κ1) is 23.5. The van der Waals surface area contributed by atoms with Crippen molar-refractivity contribution in [2.24, 2.45) is 11.8 Å². The average Bonchev–Trinajstić information content (AvgIpc) is 2.91. The van der Waals surface area contributed by atoms with Gasteiger partial charge in [-0.05, 0) is 85.7 Å². The largest absolute Gasteiger partial charge is 0.497 e. The number of esters is 1. The lowest BCUT2D eigenvalue weighted by Crippen LogP contribution is -2.54. The molecule has 0 radical (unpaired) electrons. The van der Waals surface area contributed by atoms with E-state index in [9.17, 15) is 9.90 Å². The highest BCUT2D eigenvalue weighted by Crippen LogP contribution is 2.42. The first-order valence-electron chi connectivity index (χ1n) is 12.4. The molecule has 1 N–H and O–H groups in total. The van der Waals surface area contributed by atoms with Crippen LogP contribution in [0.1, 0.15) is 47.4 Å². The number of benzene rings is 2. The average molecular weight is 473 g/mol. The van der Waals surface area contributed by atoms with Gasteiger partial charge < -0.3 is 14.6 Å². The summed E-state index contributed by atoms with van der Waals surface area (Å²) in [6.45, 7) is 4.14. The molecule has 3 aliphatic rings. The van der Waals surface area contributed by atoms with Crippen molar-refractivity contribution in [1.29, 1.82) is 0 Å². The molecule has 3 saturated heterocycles. The number of hydrogen-bond donors (Lipinski definition) is 1. The van der Waals surface area contributed by atoms with Crippen LogP contribution >= 0.6 is 0 Å². The predicted molar refractivity (Wildman–Crippen MR) is 136 cm³/mol. The molecule has 182 valence electrons. The quantitative estimate of drug-likeness (QED) is 0.495. The minimum Gasteiger partial charge on any atom is -0.497 e. The highest BCUT2D eigenvalue weighted by atomic mass is 16.5. The Balaban J connectivity index is 1.29. The molecule has 3 fully saturated rings. The second kappa shape index (κ2) is 10.2. The molecule has 2 aromatic carbocycles. The Bertz CT molecular complexity index is 1220. The van der Waals surface area contributed by atoms with Crippen LogP contribution < -0.4 is 4.74 Å². The standard InChI is InChI=1S/C29H32N2O4/c1-3-35-29(33)20-7-4-19(5-8-20)6-9-22-18-31-15-13-21(22)16-27(31)28(32)24-12-14-30-26-11-10-23(34-2)17-25(24)26/h4-12,14,17,21-22,27-28,32H,3,13,15-16,18H2,1-2H3/b9-6+/t21-,22-,27+,28-/m0/s1. The molecule has 1 aromatic heterocycles. The SMILES string of the molecule is CCOC(=O)c1ccc(/C=C/[C@H]2CN3CC[C@H]2C[C@@H]3[C@@H](O)c2ccnc3ccc(OC)cc23)cc1. The number of carbonyl (C=O) groups is 1. The number of carbonyl (C=O) groups excluding carboxylic acids is 1. The fourth-order valence-electron chi connectivity index (χ4n) is 5.57. The Labute approximate surface area is 206 Å². The van der Waals surface area contributed by atoms with Crippen LogP contribution in [-0.4, -0.2) is 53.8 Å². The molecule has 5 atom stereocenters. The maximum atomic E-state index is 11.9. The molecule has 6 nitrogen and oxygen atoms in total. The van der Waals surface area contributed by atoms with Crippen molar-refractivity contribution >= 4 is 22.9 Å². The molecule has 0 amide bonds. The molecule has 0 aliphatic carbocycles. The monoisotopic (exact) mass is 472 g/mol. The first-order chi connectivity index (χ1) is 17.1. The van der Waals surface area contributed by atoms with Crippen molar-refractivity contribution in [3.05, 3.63) is 77.5 Å². The smallest absolute Gasteiger partial charge is 0.338 e. The molecule has 3 aliphatic heterocycles. The number of pyridine rings is 1. The van der Waals surface area contributed by atoms with Crippen LogP contribution in [0.25, 0.3) is 17.0 Å². The zero-order valence-electron chi connectivity index (χ0n) is 20.3. The van der Waals surface area contributed by atoms with Crippen molar-refractivity contribution in [2.45, 2.75) is 31.9 Å². The second-order valence-electron chi connectivity index (χ2n) is 9.44. The number of fused-ring (bicyclic) bond motifs is 4. The normalized spacial score (nSPS) is 24.5. The van der Waals surface area contributed by atoms with Crippen LogP contribution in [0, 0.1) is 11.8 Å². The summed E-state index contributed by atoms with van der Waals surface area (Å²) in [5.41, 5.74) is 3.43. The van der Waals surface area contributed by atoms with E-state index < -0.39 is 6.10 Å². The van der Waals surface area contributed by atoms with Gasteiger partial charge in [0.1, 0.15) is 5.75 Å². The summed E-state index contributed by atoms with van der Waals surface area (Å²) in [6, 6.07) is 15.4. The minimum atomic E-state index is -0.573. The fourth-order valence-corrected chi connectivity index (χ4v) is 5.57. The van der Waals surface area contributed by atoms with E-state index in [0.29, 0.717) is 24.0 Å². The van der Waals surface area contributed by atoms with Crippen LogP contribution in [0.15, 0.2) is 60.8 Å². The minimum absolute atomic E-state index is 0.0964. The summed E-state index contributed by atoms with van der Waals surface area (Å²) in [4.78, 5) is 18.8. The Hall–Kier alpha value is -3.22. The summed E-state index contributed by atoms with van der Waals surface area (Å²) in [5, 5.41) is 12.4. The lowest BCUT2D eigenvalue weighted by atomic mass is 9.73. The Morgan fingerprint density at radius 2 is 2.06 bits per heavy atom. The Morgan fingerprint density at radius 1 is 1.23 bits per heavy atom. The molecule has 35 heavy (non-hydrogen) atoms. The molecule has 0 spiro atoms. The van der Waals surface area contributed by atoms with Gasteiger partial charge in [-0.15, -0.1) is 0 Å². The summed E-state index contributed by atoms with van der Waals surface area (Å²) in [5.74, 6) is 1.47. The van der Waals surface area contributed by atoms with Crippen LogP contribution in [-0.2, 0) is 4.74 Å². The predicted octanol–water partition coefficient (Wildman–Crippen LogP) is 4.88. The summed E-state index contributed by atoms with van der Waals surface area (Å²) in [7, 11) is 1.65. The number of ether oxygens (including phenoxy) is 2. The molecule has 6 rings (SSSR count). The van der Waals surface area contributed by atoms with Gasteiger partial charge in [0.25, 0.3) is 0 Å². The van der Waals surface area contributed by atoms with Crippen molar-refractivity contribution in [3.63, 3.8) is 0 Å². The van der Waals surface area contributed by atoms with E-state index in [-0.39, 0.29) is 12.0 Å². The highest BCUT2D eigenvalue weighted by molar-refractivity contribution is 5.89. The van der Waals surface area contributed by atoms with Crippen molar-refractivity contribution in [2.75, 3.05) is 26.8 Å². The third-order valence-electron chi connectivity index (χ3n) is 7.47. The number of aliphatic hydroxyl groups excluding tert-OH is 1. The molecule has 4 heterocycles. The number of nitrogens with zero attached hydrogens (tertiary/aromatic N) is 2. The van der Waals surface area contributed by atoms with Crippen LogP contribution in [0.5, 0.6) is 5.75 Å². The van der Waals surface area contributed by atoms with Gasteiger partial charge in [-0.3, -0.25) is 9.88 Å². The van der Waals surface area contributed by atoms with Gasteiger partial charge in [-0.2, -0.15) is 0 Å². The van der Waals surface area contributed by atoms with Crippen LogP contribution in [0.3, 0.4) is 0 Å². The Kier molecular flexibility index (Phi) is 6.84. The highest BCUT2D eigenvalue weighted by Gasteiger charge is 2.42. The maximum absolute atomic E-state index is 11.9. The molecule has 0 saturated carbocycles. The summed E-state index contributed by atoms with van der Waals surface area (Å²) in [6.07, 6.45) is 7.76. The van der Waals surface area contributed by atoms with E-state index in [2.05, 4.69) is 22.0 Å². The lowest BCUT2D eigenvalue weighted by molar-refractivity contribution is -0.0444. The maximum Gasteiger partial charge on any atom is 0.338 e. The van der Waals surface area contributed by atoms with Gasteiger partial charge in [0.2, 0.25) is 0 Å². The molecular formula is C29H32N2O4. The van der Waals surface area contributed by atoms with Crippen LogP contribution in [0.2, 0.25) is 0 Å². The van der Waals surface area contributed by atoms with Gasteiger partial charge in [-0.25, -0.2) is 4.79 Å². The Morgan fingerprint density at radius 3 is 2.77 bits per heavy atom. The van der Waals surface area contributed by atoms with Crippen LogP contribution in [0.4, 0.5) is 0 Å². The van der Waals surface area contributed by atoms with Gasteiger partial charge in [0.15, 0.2) is 0 Å². The lowest BCUT2D eigenvalue weighted by Gasteiger charge is -2.50. The van der Waals surface area contributed by atoms with Crippen molar-refractivity contribution in [3.8, 4) is 5.75 Å². The van der Waals surface area contributed by atoms with E-state index in [0.717, 1.165) is 53.7 Å². The van der Waals surface area contributed by atoms with Gasteiger partial charge >= 0.3 is 5.97 Å². The second-order valence-corrected chi connectivity index (χ2v) is 9.44. The van der Waals surface area contributed by atoms with Gasteiger partial charge in [-0.1, -0.05) is 24.3 Å². The van der Waals surface area contributed by atoms with Gasteiger partial charge in [0.05, 0.1) is 30.9 Å². The van der Waals surface area contributed by atoms with Gasteiger partial charge in [0, 0.05) is 24.2 Å². The van der Waals surface area contributed by atoms with E-state index in [4.69, 9.17) is 9.47 Å². The summed E-state index contributed by atoms with van der Waals surface area (Å²) >= 11 is 0. The third-order valence-corrected chi connectivity index (χ3v) is 7.47. The zero-order valence-corrected chi connectivity index (χ0v) is 20.3. The van der Waals surface area contributed by atoms with Crippen molar-refractivity contribution in [1.82, 2.24) is 9.88 Å². The zero-order chi connectivity index (χ0) is 24.4. The number of piperidine rings is 3.